The number of aliphatic carboxylic acids is 1. The predicted molar refractivity (Wildman–Crippen MR) is 86.6 cm³/mol. The van der Waals surface area contributed by atoms with Gasteiger partial charge in [-0.05, 0) is 51.0 Å². The second kappa shape index (κ2) is 5.75. The molecule has 0 aliphatic carbocycles. The molecule has 2 rings (SSSR count). The molecule has 0 bridgehead atoms. The first-order valence-electron chi connectivity index (χ1n) is 7.14. The van der Waals surface area contributed by atoms with Gasteiger partial charge in [0.2, 0.25) is 0 Å². The average molecular weight is 303 g/mol. The summed E-state index contributed by atoms with van der Waals surface area (Å²) in [6.07, 6.45) is 1.61. The third-order valence-electron chi connectivity index (χ3n) is 4.11. The first-order valence-corrected chi connectivity index (χ1v) is 7.14. The van der Waals surface area contributed by atoms with Crippen LogP contribution in [0.15, 0.2) is 11.6 Å². The average Bonchev–Trinajstić information content (AvgIpc) is 2.74. The lowest BCUT2D eigenvalue weighted by Gasteiger charge is -2.11. The molecule has 0 aliphatic heterocycles. The number of aromatic nitrogens is 1. The van der Waals surface area contributed by atoms with Crippen LogP contribution in [0.25, 0.3) is 17.0 Å². The van der Waals surface area contributed by atoms with Crippen molar-refractivity contribution in [2.45, 2.75) is 34.2 Å². The zero-order valence-corrected chi connectivity index (χ0v) is 13.5. The molecular weight excluding hydrogens is 282 g/mol. The Hall–Kier alpha value is -2.43. The first-order chi connectivity index (χ1) is 10.3. The Bertz CT molecular complexity index is 784. The molecule has 0 saturated carbocycles. The number of methoxy groups -OCH3 is 1. The zero-order chi connectivity index (χ0) is 16.6. The number of fused-ring (bicyclic) bond motifs is 1. The van der Waals surface area contributed by atoms with E-state index in [0.717, 1.165) is 22.2 Å². The second-order valence-corrected chi connectivity index (χ2v) is 5.33. The van der Waals surface area contributed by atoms with Gasteiger partial charge in [-0.1, -0.05) is 0 Å². The second-order valence-electron chi connectivity index (χ2n) is 5.33. The normalized spacial score (nSPS) is 12.0. The van der Waals surface area contributed by atoms with Gasteiger partial charge in [0.25, 0.3) is 0 Å². The number of aryl methyl sites for hydroxylation is 2. The molecule has 1 heterocycles. The number of hydrogen-bond acceptors (Lipinski definition) is 3. The summed E-state index contributed by atoms with van der Waals surface area (Å²) in [7, 11) is 1.48. The van der Waals surface area contributed by atoms with Crippen molar-refractivity contribution in [3.63, 3.8) is 0 Å². The number of nitrogens with zero attached hydrogens (tertiary/aromatic N) is 1. The van der Waals surface area contributed by atoms with Gasteiger partial charge in [0.15, 0.2) is 11.5 Å². The number of phenolic OH excluding ortho intramolecular Hbond substituents is 1. The van der Waals surface area contributed by atoms with E-state index in [1.54, 1.807) is 19.1 Å². The summed E-state index contributed by atoms with van der Waals surface area (Å²) < 4.78 is 7.25. The number of hydrogen-bond donors (Lipinski definition) is 2. The summed E-state index contributed by atoms with van der Waals surface area (Å²) in [5.74, 6) is -0.547. The minimum Gasteiger partial charge on any atom is -0.503 e. The van der Waals surface area contributed by atoms with Crippen molar-refractivity contribution in [1.82, 2.24) is 4.57 Å². The van der Waals surface area contributed by atoms with E-state index in [4.69, 9.17) is 9.84 Å². The molecule has 0 amide bonds. The molecule has 0 spiro atoms. The fourth-order valence-corrected chi connectivity index (χ4v) is 2.82. The molecule has 5 nitrogen and oxygen atoms in total. The van der Waals surface area contributed by atoms with Crippen molar-refractivity contribution in [1.29, 1.82) is 0 Å². The SMILES string of the molecule is CCn1c(C)c(C)c2c(/C=C(\C)C(=O)O)cc(OC)c(O)c21. The molecule has 0 saturated heterocycles. The van der Waals surface area contributed by atoms with Gasteiger partial charge in [-0.15, -0.1) is 0 Å². The van der Waals surface area contributed by atoms with Gasteiger partial charge >= 0.3 is 5.97 Å². The Morgan fingerprint density at radius 2 is 2.05 bits per heavy atom. The predicted octanol–water partition coefficient (Wildman–Crippen LogP) is 3.48. The van der Waals surface area contributed by atoms with Crippen LogP contribution in [-0.4, -0.2) is 27.9 Å². The lowest BCUT2D eigenvalue weighted by Crippen LogP contribution is -1.98. The van der Waals surface area contributed by atoms with Crippen molar-refractivity contribution >= 4 is 22.9 Å². The van der Waals surface area contributed by atoms with Crippen molar-refractivity contribution in [3.8, 4) is 11.5 Å². The number of carbonyl (C=O) groups is 1. The highest BCUT2D eigenvalue weighted by Crippen LogP contribution is 2.41. The third kappa shape index (κ3) is 2.32. The molecule has 2 aromatic rings. The molecule has 0 radical (unpaired) electrons. The Kier molecular flexibility index (Phi) is 4.17. The molecule has 22 heavy (non-hydrogen) atoms. The van der Waals surface area contributed by atoms with Crippen LogP contribution in [0.4, 0.5) is 0 Å². The maximum absolute atomic E-state index is 11.1. The van der Waals surface area contributed by atoms with Gasteiger partial charge in [0.1, 0.15) is 0 Å². The molecule has 0 atom stereocenters. The van der Waals surface area contributed by atoms with Crippen LogP contribution in [0.2, 0.25) is 0 Å². The number of carboxylic acid groups (broad SMARTS) is 1. The number of phenols is 1. The van der Waals surface area contributed by atoms with Crippen LogP contribution in [0, 0.1) is 13.8 Å². The Morgan fingerprint density at radius 1 is 1.41 bits per heavy atom. The van der Waals surface area contributed by atoms with E-state index in [1.165, 1.54) is 7.11 Å². The number of ether oxygens (including phenoxy) is 1. The number of aromatic hydroxyl groups is 1. The summed E-state index contributed by atoms with van der Waals surface area (Å²) in [4.78, 5) is 11.1. The fourth-order valence-electron chi connectivity index (χ4n) is 2.82. The lowest BCUT2D eigenvalue weighted by atomic mass is 10.0. The zero-order valence-electron chi connectivity index (χ0n) is 13.5. The maximum Gasteiger partial charge on any atom is 0.331 e. The molecule has 1 aromatic heterocycles. The quantitative estimate of drug-likeness (QED) is 0.848. The minimum absolute atomic E-state index is 0.0840. The van der Waals surface area contributed by atoms with E-state index >= 15 is 0 Å². The van der Waals surface area contributed by atoms with Gasteiger partial charge in [0, 0.05) is 23.2 Å². The van der Waals surface area contributed by atoms with Crippen molar-refractivity contribution in [2.75, 3.05) is 7.11 Å². The molecule has 0 fully saturated rings. The largest absolute Gasteiger partial charge is 0.503 e. The minimum atomic E-state index is -0.968. The first kappa shape index (κ1) is 15.9. The van der Waals surface area contributed by atoms with Crippen molar-refractivity contribution < 1.29 is 19.7 Å². The molecule has 1 aromatic carbocycles. The smallest absolute Gasteiger partial charge is 0.331 e. The molecule has 2 N–H and O–H groups in total. The molecule has 0 aliphatic rings. The molecule has 0 unspecified atom stereocenters. The number of carboxylic acids is 1. The molecule has 5 heteroatoms. The van der Waals surface area contributed by atoms with Crippen LogP contribution in [-0.2, 0) is 11.3 Å². The maximum atomic E-state index is 11.1. The van der Waals surface area contributed by atoms with Gasteiger partial charge in [-0.2, -0.15) is 0 Å². The van der Waals surface area contributed by atoms with Gasteiger partial charge in [-0.25, -0.2) is 4.79 Å². The molecular formula is C17H21NO4. The Morgan fingerprint density at radius 3 is 2.55 bits per heavy atom. The fraction of sp³-hybridized carbons (Fsp3) is 0.353. The monoisotopic (exact) mass is 303 g/mol. The number of rotatable bonds is 4. The van der Waals surface area contributed by atoms with E-state index in [9.17, 15) is 9.90 Å². The van der Waals surface area contributed by atoms with E-state index in [0.29, 0.717) is 17.8 Å². The third-order valence-corrected chi connectivity index (χ3v) is 4.11. The van der Waals surface area contributed by atoms with Crippen molar-refractivity contribution in [3.05, 3.63) is 28.5 Å². The van der Waals surface area contributed by atoms with Crippen LogP contribution in [0.1, 0.15) is 30.7 Å². The van der Waals surface area contributed by atoms with E-state index in [2.05, 4.69) is 0 Å². The van der Waals surface area contributed by atoms with Crippen LogP contribution < -0.4 is 4.74 Å². The van der Waals surface area contributed by atoms with Gasteiger partial charge < -0.3 is 19.5 Å². The van der Waals surface area contributed by atoms with E-state index in [1.807, 2.05) is 25.3 Å². The van der Waals surface area contributed by atoms with Gasteiger partial charge in [0.05, 0.1) is 12.6 Å². The highest BCUT2D eigenvalue weighted by molar-refractivity contribution is 6.01. The molecule has 118 valence electrons. The summed E-state index contributed by atoms with van der Waals surface area (Å²) >= 11 is 0. The standard InChI is InChI=1S/C17H21NO4/c1-6-18-11(4)10(3)14-12(7-9(2)17(20)21)8-13(22-5)16(19)15(14)18/h7-8,19H,6H2,1-5H3,(H,20,21)/b9-7+. The Labute approximate surface area is 129 Å². The van der Waals surface area contributed by atoms with Crippen LogP contribution >= 0.6 is 0 Å². The summed E-state index contributed by atoms with van der Waals surface area (Å²) in [6.45, 7) is 8.22. The number of benzene rings is 1. The highest BCUT2D eigenvalue weighted by atomic mass is 16.5. The highest BCUT2D eigenvalue weighted by Gasteiger charge is 2.20. The van der Waals surface area contributed by atoms with Gasteiger partial charge in [-0.3, -0.25) is 0 Å². The van der Waals surface area contributed by atoms with Crippen LogP contribution in [0.5, 0.6) is 11.5 Å². The topological polar surface area (TPSA) is 71.7 Å². The summed E-state index contributed by atoms with van der Waals surface area (Å²) in [5.41, 5.74) is 3.72. The summed E-state index contributed by atoms with van der Waals surface area (Å²) in [6, 6.07) is 1.68. The van der Waals surface area contributed by atoms with E-state index in [-0.39, 0.29) is 11.3 Å². The summed E-state index contributed by atoms with van der Waals surface area (Å²) in [5, 5.41) is 20.5. The Balaban J connectivity index is 2.96. The van der Waals surface area contributed by atoms with Crippen LogP contribution in [0.3, 0.4) is 0 Å². The lowest BCUT2D eigenvalue weighted by molar-refractivity contribution is -0.132. The van der Waals surface area contributed by atoms with Crippen molar-refractivity contribution in [2.24, 2.45) is 0 Å². The van der Waals surface area contributed by atoms with E-state index < -0.39 is 5.97 Å².